The molecule has 6 heterocycles. The first kappa shape index (κ1) is 53.0. The molecule has 0 N–H and O–H groups in total. The monoisotopic (exact) mass is 1200 g/mol. The summed E-state index contributed by atoms with van der Waals surface area (Å²) >= 11 is 0. The zero-order valence-corrected chi connectivity index (χ0v) is 50.6. The molecule has 94 heavy (non-hydrogen) atoms. The van der Waals surface area contributed by atoms with Crippen LogP contribution in [0.4, 0.5) is 0 Å². The highest BCUT2D eigenvalue weighted by molar-refractivity contribution is 6.29. The van der Waals surface area contributed by atoms with Gasteiger partial charge in [0.2, 0.25) is 5.95 Å². The van der Waals surface area contributed by atoms with E-state index in [1.165, 1.54) is 27.1 Å². The van der Waals surface area contributed by atoms with Crippen LogP contribution in [-0.4, -0.2) is 43.2 Å². The lowest BCUT2D eigenvalue weighted by atomic mass is 10.0. The van der Waals surface area contributed by atoms with Crippen molar-refractivity contribution in [2.45, 2.75) is 0 Å². The van der Waals surface area contributed by atoms with E-state index in [1.807, 2.05) is 60.7 Å². The summed E-state index contributed by atoms with van der Waals surface area (Å²) < 4.78 is 9.41. The Hall–Kier alpha value is -12.9. The second-order valence-electron chi connectivity index (χ2n) is 23.9. The van der Waals surface area contributed by atoms with E-state index in [-0.39, 0.29) is 0 Å². The van der Waals surface area contributed by atoms with Crippen molar-refractivity contribution in [2.24, 2.45) is 0 Å². The van der Waals surface area contributed by atoms with Gasteiger partial charge in [-0.25, -0.2) is 15.0 Å². The number of para-hydroxylation sites is 7. The highest BCUT2D eigenvalue weighted by Gasteiger charge is 2.25. The average molecular weight is 1200 g/mol. The zero-order valence-electron chi connectivity index (χ0n) is 50.6. The van der Waals surface area contributed by atoms with Gasteiger partial charge in [0.15, 0.2) is 17.5 Å². The van der Waals surface area contributed by atoms with E-state index in [9.17, 15) is 0 Å². The molecule has 0 aliphatic rings. The average Bonchev–Trinajstić information content (AvgIpc) is 1.55. The van der Waals surface area contributed by atoms with E-state index in [1.54, 1.807) is 0 Å². The minimum Gasteiger partial charge on any atom is -0.309 e. The fourth-order valence-corrected chi connectivity index (χ4v) is 14.5. The van der Waals surface area contributed by atoms with Crippen LogP contribution in [0.1, 0.15) is 0 Å². The maximum absolute atomic E-state index is 5.69. The minimum atomic E-state index is 0.561. The smallest absolute Gasteiger partial charge is 0.238 e. The Kier molecular flexibility index (Phi) is 12.1. The summed E-state index contributed by atoms with van der Waals surface area (Å²) in [4.78, 5) is 26.6. The van der Waals surface area contributed by atoms with E-state index in [0.717, 1.165) is 128 Å². The SMILES string of the molecule is c1ccc(-c2cc(-c3ccccc3-n3c4ccccc4c4cc(-c5ccc6c(c5)c5ccccc5n6-c5nc(-c6ccccc6)nc(-c6ccccc6)n5)ccc43)nc(-c3ccccc3-n3c4ccccc4c4c5c6ccccc6n(-c6ccccc6)c5ccc43)n2)cc1. The Balaban J connectivity index is 0.758. The fraction of sp³-hybridized carbons (Fsp3) is 0. The molecule has 0 radical (unpaired) electrons. The summed E-state index contributed by atoms with van der Waals surface area (Å²) in [6.07, 6.45) is 0. The highest BCUT2D eigenvalue weighted by Crippen LogP contribution is 2.45. The van der Waals surface area contributed by atoms with Gasteiger partial charge in [-0.2, -0.15) is 9.97 Å². The Morgan fingerprint density at radius 1 is 0.202 bits per heavy atom. The number of rotatable bonds is 10. The third-order valence-corrected chi connectivity index (χ3v) is 18.7. The van der Waals surface area contributed by atoms with E-state index >= 15 is 0 Å². The van der Waals surface area contributed by atoms with Gasteiger partial charge in [0.05, 0.1) is 66.9 Å². The molecule has 0 unspecified atom stereocenters. The van der Waals surface area contributed by atoms with Gasteiger partial charge in [0.1, 0.15) is 0 Å². The van der Waals surface area contributed by atoms with Crippen LogP contribution in [0.15, 0.2) is 322 Å². The molecule has 19 aromatic rings. The van der Waals surface area contributed by atoms with Gasteiger partial charge in [-0.05, 0) is 108 Å². The van der Waals surface area contributed by atoms with Crippen molar-refractivity contribution < 1.29 is 0 Å². The van der Waals surface area contributed by atoms with Crippen LogP contribution in [0.3, 0.4) is 0 Å². The van der Waals surface area contributed by atoms with Crippen LogP contribution in [0.5, 0.6) is 0 Å². The molecular weight excluding hydrogens is 1150 g/mol. The summed E-state index contributed by atoms with van der Waals surface area (Å²) in [5, 5.41) is 9.34. The molecule has 0 atom stereocenters. The van der Waals surface area contributed by atoms with Crippen LogP contribution >= 0.6 is 0 Å². The summed E-state index contributed by atoms with van der Waals surface area (Å²) in [5.41, 5.74) is 20.5. The van der Waals surface area contributed by atoms with Crippen molar-refractivity contribution in [2.75, 3.05) is 0 Å². The predicted octanol–water partition coefficient (Wildman–Crippen LogP) is 21.1. The summed E-state index contributed by atoms with van der Waals surface area (Å²) in [7, 11) is 0. The van der Waals surface area contributed by atoms with Gasteiger partial charge < -0.3 is 13.7 Å². The van der Waals surface area contributed by atoms with Gasteiger partial charge in [0.25, 0.3) is 0 Å². The molecule has 0 aliphatic heterocycles. The molecule has 0 saturated carbocycles. The van der Waals surface area contributed by atoms with Crippen LogP contribution in [-0.2, 0) is 0 Å². The molecule has 0 amide bonds. The topological polar surface area (TPSA) is 84.2 Å². The van der Waals surface area contributed by atoms with Crippen LogP contribution < -0.4 is 0 Å². The largest absolute Gasteiger partial charge is 0.309 e. The number of hydrogen-bond acceptors (Lipinski definition) is 5. The van der Waals surface area contributed by atoms with Crippen molar-refractivity contribution in [1.82, 2.24) is 43.2 Å². The van der Waals surface area contributed by atoms with Crippen LogP contribution in [0, 0.1) is 0 Å². The Bertz CT molecular complexity index is 6160. The van der Waals surface area contributed by atoms with Gasteiger partial charge in [-0.1, -0.05) is 224 Å². The lowest BCUT2D eigenvalue weighted by Gasteiger charge is -2.17. The molecular formula is C85H53N9. The van der Waals surface area contributed by atoms with Crippen molar-refractivity contribution in [3.05, 3.63) is 322 Å². The number of nitrogens with zero attached hydrogens (tertiary/aromatic N) is 9. The second-order valence-corrected chi connectivity index (χ2v) is 23.9. The maximum atomic E-state index is 5.69. The maximum Gasteiger partial charge on any atom is 0.238 e. The van der Waals surface area contributed by atoms with Crippen LogP contribution in [0.25, 0.3) is 178 Å². The molecule has 0 fully saturated rings. The quantitative estimate of drug-likeness (QED) is 0.136. The third-order valence-electron chi connectivity index (χ3n) is 18.7. The molecule has 13 aromatic carbocycles. The number of fused-ring (bicyclic) bond motifs is 13. The molecule has 6 aromatic heterocycles. The zero-order chi connectivity index (χ0) is 61.8. The molecule has 0 bridgehead atoms. The lowest BCUT2D eigenvalue weighted by molar-refractivity contribution is 0.953. The minimum absolute atomic E-state index is 0.561. The van der Waals surface area contributed by atoms with Crippen molar-refractivity contribution in [1.29, 1.82) is 0 Å². The normalized spacial score (nSPS) is 11.8. The first-order valence-electron chi connectivity index (χ1n) is 31.7. The van der Waals surface area contributed by atoms with Gasteiger partial charge in [-0.3, -0.25) is 4.57 Å². The van der Waals surface area contributed by atoms with E-state index in [4.69, 9.17) is 24.9 Å². The predicted molar refractivity (Wildman–Crippen MR) is 385 cm³/mol. The Morgan fingerprint density at radius 3 is 1.16 bits per heavy atom. The van der Waals surface area contributed by atoms with Gasteiger partial charge in [0, 0.05) is 76.6 Å². The molecule has 0 saturated heterocycles. The first-order chi connectivity index (χ1) is 46.6. The van der Waals surface area contributed by atoms with E-state index < -0.39 is 0 Å². The van der Waals surface area contributed by atoms with Crippen LogP contribution in [0.2, 0.25) is 0 Å². The highest BCUT2D eigenvalue weighted by atomic mass is 15.2. The number of benzene rings is 13. The van der Waals surface area contributed by atoms with Gasteiger partial charge >= 0.3 is 0 Å². The summed E-state index contributed by atoms with van der Waals surface area (Å²) in [6.45, 7) is 0. The second kappa shape index (κ2) is 21.4. The third kappa shape index (κ3) is 8.38. The molecule has 19 rings (SSSR count). The summed E-state index contributed by atoms with van der Waals surface area (Å²) in [5.74, 6) is 2.42. The molecule has 438 valence electrons. The number of aromatic nitrogens is 9. The lowest BCUT2D eigenvalue weighted by Crippen LogP contribution is -2.06. The van der Waals surface area contributed by atoms with E-state index in [0.29, 0.717) is 23.4 Å². The fourth-order valence-electron chi connectivity index (χ4n) is 14.5. The summed E-state index contributed by atoms with van der Waals surface area (Å²) in [6, 6.07) is 114. The number of hydrogen-bond donors (Lipinski definition) is 0. The Morgan fingerprint density at radius 2 is 0.585 bits per heavy atom. The van der Waals surface area contributed by atoms with Crippen molar-refractivity contribution >= 4 is 87.2 Å². The first-order valence-corrected chi connectivity index (χ1v) is 31.7. The van der Waals surface area contributed by atoms with E-state index in [2.05, 4.69) is 279 Å². The molecule has 9 nitrogen and oxygen atoms in total. The van der Waals surface area contributed by atoms with Crippen molar-refractivity contribution in [3.8, 4) is 90.8 Å². The molecule has 9 heteroatoms. The molecule has 0 spiro atoms. The van der Waals surface area contributed by atoms with Crippen molar-refractivity contribution in [3.63, 3.8) is 0 Å². The standard InChI is InChI=1S/C85H53N9/c1-5-25-54(26-6-1)68-53-69(87-84(86-68)65-38-18-24-44-75(65)93-74-43-23-17-37-64(74)81-79(93)50-49-78-80(81)63-36-16-22-42-73(63)91(78)59-31-11-4-12-32-59)62-35-15-21-41-72(62)92-70-39-19-13-33-60(70)66-51-57(45-47-76(66)92)58-46-48-77-67(52-58)61-34-14-20-40-71(61)94(77)85-89-82(55-27-7-2-8-28-55)88-83(90-85)56-29-9-3-10-30-56/h1-53H. The molecule has 0 aliphatic carbocycles. The van der Waals surface area contributed by atoms with Gasteiger partial charge in [-0.15, -0.1) is 0 Å². The Labute approximate surface area is 539 Å².